The van der Waals surface area contributed by atoms with E-state index in [1.165, 1.54) is 0 Å². The molecule has 98 valence electrons. The van der Waals surface area contributed by atoms with Gasteiger partial charge >= 0.3 is 0 Å². The minimum Gasteiger partial charge on any atom is -0.378 e. The third kappa shape index (κ3) is 3.96. The number of sulfone groups is 1. The lowest BCUT2D eigenvalue weighted by Gasteiger charge is -2.12. The number of hydrogen-bond donors (Lipinski definition) is 1. The van der Waals surface area contributed by atoms with Crippen LogP contribution in [-0.4, -0.2) is 44.6 Å². The number of nitrogens with one attached hydrogen (secondary N) is 1. The summed E-state index contributed by atoms with van der Waals surface area (Å²) < 4.78 is 27.9. The summed E-state index contributed by atoms with van der Waals surface area (Å²) in [6, 6.07) is -0.183. The van der Waals surface area contributed by atoms with Crippen LogP contribution in [0, 0.1) is 0 Å². The molecular formula is C11H19NO4S. The van der Waals surface area contributed by atoms with Gasteiger partial charge in [0.1, 0.15) is 0 Å². The Hall–Kier alpha value is -0.620. The summed E-state index contributed by atoms with van der Waals surface area (Å²) in [5.74, 6) is 0.241. The van der Waals surface area contributed by atoms with Crippen molar-refractivity contribution in [3.63, 3.8) is 0 Å². The molecule has 0 aromatic carbocycles. The number of rotatable bonds is 4. The highest BCUT2D eigenvalue weighted by atomic mass is 32.2. The first-order valence-corrected chi connectivity index (χ1v) is 7.99. The average Bonchev–Trinajstić information content (AvgIpc) is 2.85. The van der Waals surface area contributed by atoms with E-state index in [0.29, 0.717) is 12.8 Å². The van der Waals surface area contributed by atoms with Crippen LogP contribution in [0.2, 0.25) is 0 Å². The van der Waals surface area contributed by atoms with Crippen LogP contribution in [0.3, 0.4) is 0 Å². The molecular weight excluding hydrogens is 242 g/mol. The number of carbonyl (C=O) groups excluding carboxylic acids is 1. The van der Waals surface area contributed by atoms with Gasteiger partial charge in [-0.1, -0.05) is 0 Å². The van der Waals surface area contributed by atoms with Crippen LogP contribution in [0.25, 0.3) is 0 Å². The van der Waals surface area contributed by atoms with Gasteiger partial charge < -0.3 is 10.1 Å². The number of hydrogen-bond acceptors (Lipinski definition) is 4. The molecule has 17 heavy (non-hydrogen) atoms. The summed E-state index contributed by atoms with van der Waals surface area (Å²) >= 11 is 0. The van der Waals surface area contributed by atoms with Crippen molar-refractivity contribution in [2.75, 3.05) is 18.1 Å². The molecule has 2 fully saturated rings. The second kappa shape index (κ2) is 5.35. The minimum atomic E-state index is -2.91. The van der Waals surface area contributed by atoms with Crippen molar-refractivity contribution in [3.8, 4) is 0 Å². The van der Waals surface area contributed by atoms with Gasteiger partial charge in [-0.3, -0.25) is 4.79 Å². The van der Waals surface area contributed by atoms with Gasteiger partial charge in [-0.05, 0) is 25.7 Å². The molecule has 5 nitrogen and oxygen atoms in total. The van der Waals surface area contributed by atoms with Crippen LogP contribution in [0.15, 0.2) is 0 Å². The van der Waals surface area contributed by atoms with Crippen molar-refractivity contribution in [2.24, 2.45) is 0 Å². The molecule has 2 rings (SSSR count). The van der Waals surface area contributed by atoms with Crippen molar-refractivity contribution in [1.29, 1.82) is 0 Å². The fourth-order valence-corrected chi connectivity index (χ4v) is 4.05. The molecule has 6 heteroatoms. The first kappa shape index (κ1) is 12.8. The predicted molar refractivity (Wildman–Crippen MR) is 63.4 cm³/mol. The first-order chi connectivity index (χ1) is 8.05. The molecule has 0 aromatic rings. The zero-order valence-electron chi connectivity index (χ0n) is 9.85. The third-order valence-electron chi connectivity index (χ3n) is 3.31. The van der Waals surface area contributed by atoms with E-state index in [1.54, 1.807) is 0 Å². The highest BCUT2D eigenvalue weighted by Crippen LogP contribution is 2.17. The Morgan fingerprint density at radius 3 is 2.76 bits per heavy atom. The van der Waals surface area contributed by atoms with E-state index in [0.717, 1.165) is 25.9 Å². The van der Waals surface area contributed by atoms with Crippen LogP contribution < -0.4 is 5.32 Å². The molecule has 2 heterocycles. The van der Waals surface area contributed by atoms with E-state index in [1.807, 2.05) is 0 Å². The largest absolute Gasteiger partial charge is 0.378 e. The Kier molecular flexibility index (Phi) is 4.04. The molecule has 0 radical (unpaired) electrons. The molecule has 1 N–H and O–H groups in total. The standard InChI is InChI=1S/C11H19NO4S/c13-11(4-3-10-2-1-6-16-10)12-9-5-7-17(14,15)8-9/h9-10H,1-8H2,(H,12,13)/t9-,10+/m1/s1. The third-order valence-corrected chi connectivity index (χ3v) is 5.08. The van der Waals surface area contributed by atoms with Crippen molar-refractivity contribution in [2.45, 2.75) is 44.2 Å². The van der Waals surface area contributed by atoms with Crippen molar-refractivity contribution < 1.29 is 17.9 Å². The Balaban J connectivity index is 1.67. The van der Waals surface area contributed by atoms with Crippen LogP contribution in [0.4, 0.5) is 0 Å². The van der Waals surface area contributed by atoms with Crippen molar-refractivity contribution in [1.82, 2.24) is 5.32 Å². The first-order valence-electron chi connectivity index (χ1n) is 6.16. The smallest absolute Gasteiger partial charge is 0.220 e. The normalized spacial score (nSPS) is 31.5. The fraction of sp³-hybridized carbons (Fsp3) is 0.909. The molecule has 0 saturated carbocycles. The maximum atomic E-state index is 11.6. The Labute approximate surface area is 102 Å². The van der Waals surface area contributed by atoms with Crippen molar-refractivity contribution in [3.05, 3.63) is 0 Å². The van der Waals surface area contributed by atoms with Gasteiger partial charge in [0.05, 0.1) is 17.6 Å². The summed E-state index contributed by atoms with van der Waals surface area (Å²) in [7, 11) is -2.91. The van der Waals surface area contributed by atoms with Crippen molar-refractivity contribution >= 4 is 15.7 Å². The molecule has 0 aliphatic carbocycles. The molecule has 0 unspecified atom stereocenters. The predicted octanol–water partition coefficient (Wildman–Crippen LogP) is 0.249. The van der Waals surface area contributed by atoms with Crippen LogP contribution in [-0.2, 0) is 19.4 Å². The maximum absolute atomic E-state index is 11.6. The van der Waals surface area contributed by atoms with E-state index < -0.39 is 9.84 Å². The summed E-state index contributed by atoms with van der Waals surface area (Å²) in [5.41, 5.74) is 0. The molecule has 0 bridgehead atoms. The maximum Gasteiger partial charge on any atom is 0.220 e. The number of carbonyl (C=O) groups is 1. The van der Waals surface area contributed by atoms with Gasteiger partial charge in [0, 0.05) is 19.1 Å². The molecule has 2 atom stereocenters. The molecule has 2 aliphatic heterocycles. The average molecular weight is 261 g/mol. The highest BCUT2D eigenvalue weighted by molar-refractivity contribution is 7.91. The second-order valence-corrected chi connectivity index (χ2v) is 7.07. The van der Waals surface area contributed by atoms with Crippen LogP contribution in [0.1, 0.15) is 32.1 Å². The van der Waals surface area contributed by atoms with E-state index in [2.05, 4.69) is 5.32 Å². The summed E-state index contributed by atoms with van der Waals surface area (Å²) in [6.45, 7) is 0.799. The molecule has 2 saturated heterocycles. The van der Waals surface area contributed by atoms with Gasteiger partial charge in [-0.25, -0.2) is 8.42 Å². The van der Waals surface area contributed by atoms with Gasteiger partial charge in [0.15, 0.2) is 9.84 Å². The van der Waals surface area contributed by atoms with E-state index in [-0.39, 0.29) is 29.6 Å². The molecule has 0 spiro atoms. The lowest BCUT2D eigenvalue weighted by Crippen LogP contribution is -2.35. The summed E-state index contributed by atoms with van der Waals surface area (Å²) in [4.78, 5) is 11.6. The Bertz CT molecular complexity index is 373. The zero-order chi connectivity index (χ0) is 12.3. The topological polar surface area (TPSA) is 72.5 Å². The number of ether oxygens (including phenoxy) is 1. The Morgan fingerprint density at radius 2 is 2.18 bits per heavy atom. The van der Waals surface area contributed by atoms with Crippen LogP contribution >= 0.6 is 0 Å². The van der Waals surface area contributed by atoms with E-state index >= 15 is 0 Å². The summed E-state index contributed by atoms with van der Waals surface area (Å²) in [6.07, 6.45) is 4.05. The van der Waals surface area contributed by atoms with Gasteiger partial charge in [-0.15, -0.1) is 0 Å². The highest BCUT2D eigenvalue weighted by Gasteiger charge is 2.29. The second-order valence-electron chi connectivity index (χ2n) is 4.84. The van der Waals surface area contributed by atoms with Crippen LogP contribution in [0.5, 0.6) is 0 Å². The summed E-state index contributed by atoms with van der Waals surface area (Å²) in [5, 5.41) is 2.78. The van der Waals surface area contributed by atoms with Gasteiger partial charge in [0.2, 0.25) is 5.91 Å². The minimum absolute atomic E-state index is 0.0531. The zero-order valence-corrected chi connectivity index (χ0v) is 10.7. The molecule has 1 amide bonds. The fourth-order valence-electron chi connectivity index (χ4n) is 2.37. The monoisotopic (exact) mass is 261 g/mol. The Morgan fingerprint density at radius 1 is 1.35 bits per heavy atom. The quantitative estimate of drug-likeness (QED) is 0.787. The molecule has 2 aliphatic rings. The van der Waals surface area contributed by atoms with Gasteiger partial charge in [0.25, 0.3) is 0 Å². The van der Waals surface area contributed by atoms with Gasteiger partial charge in [-0.2, -0.15) is 0 Å². The number of amides is 1. The van der Waals surface area contributed by atoms with E-state index in [9.17, 15) is 13.2 Å². The van der Waals surface area contributed by atoms with E-state index in [4.69, 9.17) is 4.74 Å². The lowest BCUT2D eigenvalue weighted by atomic mass is 10.1. The SMILES string of the molecule is O=C(CC[C@@H]1CCCO1)N[C@@H]1CCS(=O)(=O)C1. The lowest BCUT2D eigenvalue weighted by molar-refractivity contribution is -0.122. The molecule has 0 aromatic heterocycles.